The van der Waals surface area contributed by atoms with Gasteiger partial charge in [0, 0.05) is 24.1 Å². The zero-order valence-corrected chi connectivity index (χ0v) is 26.5. The lowest BCUT2D eigenvalue weighted by Gasteiger charge is -2.09. The Bertz CT molecular complexity index is 1650. The van der Waals surface area contributed by atoms with Gasteiger partial charge in [-0.15, -0.1) is 35.3 Å². The molecule has 0 radical (unpaired) electrons. The average molecular weight is 709 g/mol. The number of nitrogens with one attached hydrogen (secondary N) is 1. The standard InChI is InChI=1S/C26H23FN6O5S.C2H6.HI/c1-14-7-16(24-19(8-14)32-23(36-2)13-30-24)25-33-18-9-17(27)20(10-21(18)39-25)37-5-6-38-26(35)31-15-11-28-22(3-4-34)29-12-15;1-2;/h7-13,34H,3-6H2,1-2H3,(H,31,35);1-2H3;1H. The Morgan fingerprint density at radius 3 is 2.50 bits per heavy atom. The first kappa shape index (κ1) is 32.8. The van der Waals surface area contributed by atoms with Gasteiger partial charge < -0.3 is 19.3 Å². The third-order valence-corrected chi connectivity index (χ3v) is 6.56. The van der Waals surface area contributed by atoms with Crippen LogP contribution in [0.2, 0.25) is 0 Å². The average Bonchev–Trinajstić information content (AvgIpc) is 3.39. The van der Waals surface area contributed by atoms with Gasteiger partial charge in [0.1, 0.15) is 24.0 Å². The Labute approximate surface area is 262 Å². The van der Waals surface area contributed by atoms with Crippen molar-refractivity contribution >= 4 is 68.3 Å². The van der Waals surface area contributed by atoms with E-state index >= 15 is 0 Å². The second-order valence-corrected chi connectivity index (χ2v) is 9.36. The molecule has 0 saturated heterocycles. The van der Waals surface area contributed by atoms with Crippen molar-refractivity contribution < 1.29 is 28.5 Å². The molecule has 0 unspecified atom stereocenters. The summed E-state index contributed by atoms with van der Waals surface area (Å²) < 4.78 is 31.3. The molecule has 222 valence electrons. The molecule has 0 saturated carbocycles. The van der Waals surface area contributed by atoms with E-state index in [1.807, 2.05) is 32.9 Å². The van der Waals surface area contributed by atoms with Gasteiger partial charge in [-0.05, 0) is 24.6 Å². The van der Waals surface area contributed by atoms with Crippen molar-refractivity contribution in [2.45, 2.75) is 27.2 Å². The van der Waals surface area contributed by atoms with Crippen LogP contribution in [0.4, 0.5) is 14.9 Å². The number of nitrogens with zero attached hydrogens (tertiary/aromatic N) is 5. The summed E-state index contributed by atoms with van der Waals surface area (Å²) in [7, 11) is 1.53. The molecule has 2 aromatic carbocycles. The number of hydrogen-bond acceptors (Lipinski definition) is 11. The van der Waals surface area contributed by atoms with Gasteiger partial charge in [-0.1, -0.05) is 13.8 Å². The summed E-state index contributed by atoms with van der Waals surface area (Å²) in [6.07, 6.45) is 3.95. The van der Waals surface area contributed by atoms with Crippen LogP contribution in [0, 0.1) is 12.7 Å². The molecule has 0 fully saturated rings. The van der Waals surface area contributed by atoms with Crippen molar-refractivity contribution in [2.75, 3.05) is 32.2 Å². The number of fused-ring (bicyclic) bond motifs is 2. The number of methoxy groups -OCH3 is 1. The van der Waals surface area contributed by atoms with E-state index in [1.54, 1.807) is 12.3 Å². The Morgan fingerprint density at radius 1 is 1.02 bits per heavy atom. The first-order valence-corrected chi connectivity index (χ1v) is 13.7. The van der Waals surface area contributed by atoms with Gasteiger partial charge in [0.05, 0.1) is 59.2 Å². The van der Waals surface area contributed by atoms with Gasteiger partial charge in [-0.2, -0.15) is 0 Å². The first-order valence-electron chi connectivity index (χ1n) is 12.8. The molecule has 0 aliphatic rings. The lowest BCUT2D eigenvalue weighted by atomic mass is 10.1. The van der Waals surface area contributed by atoms with Gasteiger partial charge in [-0.3, -0.25) is 5.32 Å². The molecule has 42 heavy (non-hydrogen) atoms. The maximum atomic E-state index is 14.7. The molecule has 0 bridgehead atoms. The summed E-state index contributed by atoms with van der Waals surface area (Å²) in [5, 5.41) is 12.1. The number of thiazole rings is 1. The molecule has 0 aliphatic heterocycles. The molecular formula is C28H30FIN6O5S. The molecule has 11 nitrogen and oxygen atoms in total. The Morgan fingerprint density at radius 2 is 1.79 bits per heavy atom. The normalized spacial score (nSPS) is 10.4. The minimum Gasteiger partial charge on any atom is -0.487 e. The van der Waals surface area contributed by atoms with Crippen molar-refractivity contribution in [2.24, 2.45) is 0 Å². The van der Waals surface area contributed by atoms with E-state index in [4.69, 9.17) is 19.3 Å². The summed E-state index contributed by atoms with van der Waals surface area (Å²) in [6.45, 7) is 5.71. The van der Waals surface area contributed by atoms with Gasteiger partial charge >= 0.3 is 6.09 Å². The van der Waals surface area contributed by atoms with Crippen molar-refractivity contribution in [1.82, 2.24) is 24.9 Å². The predicted molar refractivity (Wildman–Crippen MR) is 169 cm³/mol. The monoisotopic (exact) mass is 708 g/mol. The molecular weight excluding hydrogens is 678 g/mol. The number of halogens is 2. The number of carbonyl (C=O) groups is 1. The van der Waals surface area contributed by atoms with Crippen LogP contribution in [0.3, 0.4) is 0 Å². The molecule has 5 rings (SSSR count). The molecule has 0 atom stereocenters. The van der Waals surface area contributed by atoms with Crippen LogP contribution in [-0.4, -0.2) is 63.1 Å². The quantitative estimate of drug-likeness (QED) is 0.139. The fourth-order valence-corrected chi connectivity index (χ4v) is 4.75. The Kier molecular flexibility index (Phi) is 12.1. The van der Waals surface area contributed by atoms with E-state index in [0.717, 1.165) is 15.8 Å². The fourth-order valence-electron chi connectivity index (χ4n) is 3.75. The highest BCUT2D eigenvalue weighted by Crippen LogP contribution is 2.37. The van der Waals surface area contributed by atoms with Crippen LogP contribution in [0.15, 0.2) is 42.9 Å². The summed E-state index contributed by atoms with van der Waals surface area (Å²) in [5.41, 5.74) is 3.93. The summed E-state index contributed by atoms with van der Waals surface area (Å²) >= 11 is 1.38. The molecule has 0 spiro atoms. The highest BCUT2D eigenvalue weighted by Gasteiger charge is 2.16. The number of aromatic nitrogens is 5. The molecule has 5 aromatic rings. The molecule has 1 amide bonds. The smallest absolute Gasteiger partial charge is 0.411 e. The highest BCUT2D eigenvalue weighted by atomic mass is 127. The van der Waals surface area contributed by atoms with E-state index < -0.39 is 11.9 Å². The van der Waals surface area contributed by atoms with Crippen LogP contribution in [0.25, 0.3) is 31.8 Å². The second kappa shape index (κ2) is 15.5. The van der Waals surface area contributed by atoms with Crippen LogP contribution in [0.1, 0.15) is 25.2 Å². The third kappa shape index (κ3) is 7.95. The number of rotatable bonds is 9. The zero-order chi connectivity index (χ0) is 29.4. The van der Waals surface area contributed by atoms with Gasteiger partial charge in [0.2, 0.25) is 5.88 Å². The van der Waals surface area contributed by atoms with Crippen molar-refractivity contribution in [3.63, 3.8) is 0 Å². The number of anilines is 1. The predicted octanol–water partition coefficient (Wildman–Crippen LogP) is 5.96. The molecule has 3 aromatic heterocycles. The summed E-state index contributed by atoms with van der Waals surface area (Å²) in [5.74, 6) is 0.310. The van der Waals surface area contributed by atoms with E-state index in [-0.39, 0.29) is 49.5 Å². The Hall–Kier alpha value is -3.76. The van der Waals surface area contributed by atoms with E-state index in [0.29, 0.717) is 45.4 Å². The maximum absolute atomic E-state index is 14.7. The number of amides is 1. The fraction of sp³-hybridized carbons (Fsp3) is 0.286. The van der Waals surface area contributed by atoms with Crippen LogP contribution in [-0.2, 0) is 11.2 Å². The second-order valence-electron chi connectivity index (χ2n) is 8.33. The van der Waals surface area contributed by atoms with Crippen LogP contribution < -0.4 is 14.8 Å². The minimum absolute atomic E-state index is 0. The molecule has 0 aliphatic carbocycles. The van der Waals surface area contributed by atoms with Gasteiger partial charge in [0.25, 0.3) is 0 Å². The maximum Gasteiger partial charge on any atom is 0.411 e. The summed E-state index contributed by atoms with van der Waals surface area (Å²) in [4.78, 5) is 33.6. The highest BCUT2D eigenvalue weighted by molar-refractivity contribution is 14.0. The SMILES string of the molecule is CC.COc1cnc2c(-c3nc4cc(F)c(OCCOC(=O)Nc5cnc(CCO)nc5)cc4s3)cc(C)cc2n1.I. The van der Waals surface area contributed by atoms with Crippen molar-refractivity contribution in [3.05, 3.63) is 60.1 Å². The van der Waals surface area contributed by atoms with Crippen molar-refractivity contribution in [1.29, 1.82) is 0 Å². The van der Waals surface area contributed by atoms with E-state index in [2.05, 4.69) is 30.2 Å². The van der Waals surface area contributed by atoms with Crippen LogP contribution >= 0.6 is 35.3 Å². The third-order valence-electron chi connectivity index (χ3n) is 5.51. The lowest BCUT2D eigenvalue weighted by molar-refractivity contribution is 0.136. The summed E-state index contributed by atoms with van der Waals surface area (Å²) in [6, 6.07) is 6.76. The Balaban J connectivity index is 0.00000158. The number of ether oxygens (including phenoxy) is 3. The molecule has 14 heteroatoms. The van der Waals surface area contributed by atoms with Crippen LogP contribution in [0.5, 0.6) is 11.6 Å². The number of aliphatic hydroxyl groups is 1. The van der Waals surface area contributed by atoms with Crippen molar-refractivity contribution in [3.8, 4) is 22.2 Å². The first-order chi connectivity index (χ1) is 19.9. The van der Waals surface area contributed by atoms with Gasteiger partial charge in [-0.25, -0.2) is 34.1 Å². The minimum atomic E-state index is -0.730. The van der Waals surface area contributed by atoms with E-state index in [9.17, 15) is 9.18 Å². The molecule has 3 heterocycles. The number of aryl methyl sites for hydroxylation is 1. The largest absolute Gasteiger partial charge is 0.487 e. The lowest BCUT2D eigenvalue weighted by Crippen LogP contribution is -2.18. The number of hydrogen-bond donors (Lipinski definition) is 2. The topological polar surface area (TPSA) is 141 Å². The number of aliphatic hydroxyl groups excluding tert-OH is 1. The van der Waals surface area contributed by atoms with Gasteiger partial charge in [0.15, 0.2) is 11.6 Å². The molecule has 2 N–H and O–H groups in total. The number of carbonyl (C=O) groups excluding carboxylic acids is 1. The zero-order valence-electron chi connectivity index (χ0n) is 23.4. The number of benzene rings is 2. The van der Waals surface area contributed by atoms with E-state index in [1.165, 1.54) is 36.9 Å².